The van der Waals surface area contributed by atoms with Crippen LogP contribution in [0.2, 0.25) is 0 Å². The van der Waals surface area contributed by atoms with E-state index in [4.69, 9.17) is 0 Å². The minimum absolute atomic E-state index is 0.0897. The number of hydrogen-bond donors (Lipinski definition) is 1. The number of pyridine rings is 1. The summed E-state index contributed by atoms with van der Waals surface area (Å²) in [4.78, 5) is 20.9. The minimum atomic E-state index is -4.44. The summed E-state index contributed by atoms with van der Waals surface area (Å²) in [5, 5.41) is 7.41. The SMILES string of the molecule is Cc1ccc(-c2cn3nc(-c4ccc(C(F)(F)F)cn4)ccc3n2)cc1NC(=O)C(C)(C)C. The van der Waals surface area contributed by atoms with Crippen LogP contribution in [-0.4, -0.2) is 25.5 Å². The lowest BCUT2D eigenvalue weighted by atomic mass is 9.95. The monoisotopic (exact) mass is 453 g/mol. The molecule has 4 rings (SSSR count). The average molecular weight is 453 g/mol. The molecule has 0 aliphatic rings. The first-order valence-corrected chi connectivity index (χ1v) is 10.2. The molecule has 170 valence electrons. The molecule has 6 nitrogen and oxygen atoms in total. The number of imidazole rings is 1. The van der Waals surface area contributed by atoms with E-state index < -0.39 is 17.2 Å². The summed E-state index contributed by atoms with van der Waals surface area (Å²) in [6.07, 6.45) is -1.93. The molecule has 0 unspecified atom stereocenters. The number of amides is 1. The molecule has 0 aliphatic carbocycles. The highest BCUT2D eigenvalue weighted by Crippen LogP contribution is 2.30. The maximum absolute atomic E-state index is 12.8. The largest absolute Gasteiger partial charge is 0.417 e. The van der Waals surface area contributed by atoms with Crippen molar-refractivity contribution >= 4 is 17.2 Å². The molecule has 1 amide bonds. The van der Waals surface area contributed by atoms with E-state index in [0.717, 1.165) is 23.4 Å². The molecular weight excluding hydrogens is 431 g/mol. The number of aromatic nitrogens is 4. The van der Waals surface area contributed by atoms with Crippen molar-refractivity contribution in [1.82, 2.24) is 19.6 Å². The smallest absolute Gasteiger partial charge is 0.325 e. The Morgan fingerprint density at radius 3 is 2.33 bits per heavy atom. The Balaban J connectivity index is 1.65. The van der Waals surface area contributed by atoms with E-state index >= 15 is 0 Å². The molecular formula is C24H22F3N5O. The number of hydrogen-bond acceptors (Lipinski definition) is 4. The molecule has 1 aromatic carbocycles. The highest BCUT2D eigenvalue weighted by molar-refractivity contribution is 5.95. The first kappa shape index (κ1) is 22.4. The average Bonchev–Trinajstić information content (AvgIpc) is 3.17. The summed E-state index contributed by atoms with van der Waals surface area (Å²) in [6.45, 7) is 7.45. The fourth-order valence-corrected chi connectivity index (χ4v) is 3.10. The van der Waals surface area contributed by atoms with Gasteiger partial charge in [0.2, 0.25) is 5.91 Å². The van der Waals surface area contributed by atoms with Crippen LogP contribution in [0, 0.1) is 12.3 Å². The topological polar surface area (TPSA) is 72.2 Å². The van der Waals surface area contributed by atoms with Crippen LogP contribution < -0.4 is 5.32 Å². The molecule has 0 fully saturated rings. The van der Waals surface area contributed by atoms with Crippen LogP contribution in [0.15, 0.2) is 54.9 Å². The third kappa shape index (κ3) is 4.72. The molecule has 0 aliphatic heterocycles. The number of alkyl halides is 3. The van der Waals surface area contributed by atoms with Crippen molar-refractivity contribution in [2.75, 3.05) is 5.32 Å². The van der Waals surface area contributed by atoms with Crippen molar-refractivity contribution in [3.63, 3.8) is 0 Å². The molecule has 9 heteroatoms. The van der Waals surface area contributed by atoms with E-state index in [-0.39, 0.29) is 5.91 Å². The van der Waals surface area contributed by atoms with E-state index in [0.29, 0.717) is 28.4 Å². The number of nitrogens with zero attached hydrogens (tertiary/aromatic N) is 4. The summed E-state index contributed by atoms with van der Waals surface area (Å²) in [5.41, 5.74) is 3.03. The summed E-state index contributed by atoms with van der Waals surface area (Å²) in [7, 11) is 0. The predicted molar refractivity (Wildman–Crippen MR) is 119 cm³/mol. The predicted octanol–water partition coefficient (Wildman–Crippen LogP) is 5.77. The molecule has 0 radical (unpaired) electrons. The second-order valence-corrected chi connectivity index (χ2v) is 8.81. The normalized spacial score (nSPS) is 12.2. The first-order chi connectivity index (χ1) is 15.4. The van der Waals surface area contributed by atoms with Crippen LogP contribution >= 0.6 is 0 Å². The fraction of sp³-hybridized carbons (Fsp3) is 0.250. The van der Waals surface area contributed by atoms with Gasteiger partial charge >= 0.3 is 6.18 Å². The van der Waals surface area contributed by atoms with Gasteiger partial charge in [-0.05, 0) is 42.8 Å². The number of rotatable bonds is 3. The van der Waals surface area contributed by atoms with Crippen molar-refractivity contribution in [2.45, 2.75) is 33.9 Å². The van der Waals surface area contributed by atoms with Gasteiger partial charge in [-0.2, -0.15) is 18.3 Å². The number of carbonyl (C=O) groups is 1. The van der Waals surface area contributed by atoms with Crippen LogP contribution in [0.25, 0.3) is 28.3 Å². The van der Waals surface area contributed by atoms with Gasteiger partial charge in [0.25, 0.3) is 0 Å². The molecule has 4 aromatic rings. The van der Waals surface area contributed by atoms with Crippen LogP contribution in [0.1, 0.15) is 31.9 Å². The summed E-state index contributed by atoms with van der Waals surface area (Å²) in [6, 6.07) is 11.3. The Bertz CT molecular complexity index is 1340. The maximum Gasteiger partial charge on any atom is 0.417 e. The van der Waals surface area contributed by atoms with Gasteiger partial charge in [0.1, 0.15) is 5.69 Å². The molecule has 0 atom stereocenters. The standard InChI is InChI=1S/C24H22F3N5O/c1-14-5-6-15(11-19(14)30-22(33)23(2,3)4)20-13-32-21(29-20)10-9-18(31-32)17-8-7-16(12-28-17)24(25,26)27/h5-13H,1-4H3,(H,30,33). The lowest BCUT2D eigenvalue weighted by Gasteiger charge is -2.19. The summed E-state index contributed by atoms with van der Waals surface area (Å²) < 4.78 is 39.9. The Morgan fingerprint density at radius 2 is 1.70 bits per heavy atom. The number of carbonyl (C=O) groups excluding carboxylic acids is 1. The molecule has 3 heterocycles. The second kappa shape index (κ2) is 7.99. The number of aryl methyl sites for hydroxylation is 1. The number of anilines is 1. The van der Waals surface area contributed by atoms with Gasteiger partial charge < -0.3 is 5.32 Å². The van der Waals surface area contributed by atoms with Gasteiger partial charge in [0.05, 0.1) is 23.1 Å². The van der Waals surface area contributed by atoms with Crippen LogP contribution in [0.4, 0.5) is 18.9 Å². The Kier molecular flexibility index (Phi) is 5.43. The highest BCUT2D eigenvalue weighted by atomic mass is 19.4. The number of nitrogens with one attached hydrogen (secondary N) is 1. The second-order valence-electron chi connectivity index (χ2n) is 8.81. The van der Waals surface area contributed by atoms with E-state index in [1.54, 1.807) is 22.8 Å². The molecule has 0 bridgehead atoms. The Morgan fingerprint density at radius 1 is 0.970 bits per heavy atom. The van der Waals surface area contributed by atoms with E-state index in [9.17, 15) is 18.0 Å². The van der Waals surface area contributed by atoms with E-state index in [1.807, 2.05) is 45.9 Å². The molecule has 3 aromatic heterocycles. The van der Waals surface area contributed by atoms with Crippen molar-refractivity contribution in [2.24, 2.45) is 5.41 Å². The van der Waals surface area contributed by atoms with E-state index in [2.05, 4.69) is 20.4 Å². The van der Waals surface area contributed by atoms with Crippen molar-refractivity contribution < 1.29 is 18.0 Å². The molecule has 0 saturated heterocycles. The van der Waals surface area contributed by atoms with Gasteiger partial charge in [0.15, 0.2) is 5.65 Å². The van der Waals surface area contributed by atoms with Crippen LogP contribution in [0.3, 0.4) is 0 Å². The van der Waals surface area contributed by atoms with Gasteiger partial charge in [-0.15, -0.1) is 0 Å². The zero-order valence-corrected chi connectivity index (χ0v) is 18.5. The first-order valence-electron chi connectivity index (χ1n) is 10.2. The fourth-order valence-electron chi connectivity index (χ4n) is 3.10. The summed E-state index contributed by atoms with van der Waals surface area (Å²) >= 11 is 0. The van der Waals surface area contributed by atoms with Crippen LogP contribution in [0.5, 0.6) is 0 Å². The highest BCUT2D eigenvalue weighted by Gasteiger charge is 2.30. The Hall–Kier alpha value is -3.75. The Labute approximate surface area is 188 Å². The molecule has 1 N–H and O–H groups in total. The number of benzene rings is 1. The van der Waals surface area contributed by atoms with Gasteiger partial charge in [-0.1, -0.05) is 32.9 Å². The third-order valence-electron chi connectivity index (χ3n) is 5.14. The third-order valence-corrected chi connectivity index (χ3v) is 5.14. The summed E-state index contributed by atoms with van der Waals surface area (Å²) in [5.74, 6) is -0.0897. The lowest BCUT2D eigenvalue weighted by Crippen LogP contribution is -2.27. The minimum Gasteiger partial charge on any atom is -0.325 e. The number of halogens is 3. The number of fused-ring (bicyclic) bond motifs is 1. The van der Waals surface area contributed by atoms with Crippen molar-refractivity contribution in [3.05, 3.63) is 66.0 Å². The van der Waals surface area contributed by atoms with Crippen molar-refractivity contribution in [3.8, 4) is 22.6 Å². The molecule has 0 saturated carbocycles. The van der Waals surface area contributed by atoms with Gasteiger partial charge in [0, 0.05) is 22.9 Å². The zero-order chi connectivity index (χ0) is 24.0. The maximum atomic E-state index is 12.8. The lowest BCUT2D eigenvalue weighted by molar-refractivity contribution is -0.137. The zero-order valence-electron chi connectivity index (χ0n) is 18.5. The van der Waals surface area contributed by atoms with E-state index in [1.165, 1.54) is 6.07 Å². The van der Waals surface area contributed by atoms with Gasteiger partial charge in [-0.25, -0.2) is 9.50 Å². The quantitative estimate of drug-likeness (QED) is 0.427. The van der Waals surface area contributed by atoms with Crippen molar-refractivity contribution in [1.29, 1.82) is 0 Å². The van der Waals surface area contributed by atoms with Crippen LogP contribution in [-0.2, 0) is 11.0 Å². The molecule has 0 spiro atoms. The molecule has 33 heavy (non-hydrogen) atoms. The van der Waals surface area contributed by atoms with Gasteiger partial charge in [-0.3, -0.25) is 9.78 Å².